The van der Waals surface area contributed by atoms with E-state index in [4.69, 9.17) is 21.6 Å². The Morgan fingerprint density at radius 3 is 2.76 bits per heavy atom. The van der Waals surface area contributed by atoms with Gasteiger partial charge in [0.05, 0.1) is 10.6 Å². The number of hydrogen-bond donors (Lipinski definition) is 3. The van der Waals surface area contributed by atoms with Gasteiger partial charge in [-0.25, -0.2) is 0 Å². The Kier molecular flexibility index (Phi) is 3.56. The fourth-order valence-electron chi connectivity index (χ4n) is 1.36. The van der Waals surface area contributed by atoms with Gasteiger partial charge in [-0.05, 0) is 31.0 Å². The van der Waals surface area contributed by atoms with Crippen molar-refractivity contribution in [3.8, 4) is 5.75 Å². The van der Waals surface area contributed by atoms with Crippen LogP contribution in [0.5, 0.6) is 5.75 Å². The second kappa shape index (κ2) is 4.95. The highest BCUT2D eigenvalue weighted by Gasteiger charge is 2.25. The number of carbonyl (C=O) groups is 1. The van der Waals surface area contributed by atoms with Gasteiger partial charge in [-0.2, -0.15) is 0 Å². The van der Waals surface area contributed by atoms with Crippen LogP contribution in [-0.2, 0) is 0 Å². The van der Waals surface area contributed by atoms with E-state index in [1.807, 2.05) is 0 Å². The van der Waals surface area contributed by atoms with Crippen LogP contribution in [0.3, 0.4) is 0 Å². The predicted molar refractivity (Wildman–Crippen MR) is 62.8 cm³/mol. The van der Waals surface area contributed by atoms with E-state index in [1.54, 1.807) is 0 Å². The van der Waals surface area contributed by atoms with Crippen molar-refractivity contribution >= 4 is 24.8 Å². The molecule has 17 heavy (non-hydrogen) atoms. The Morgan fingerprint density at radius 1 is 1.47 bits per heavy atom. The lowest BCUT2D eigenvalue weighted by atomic mass is 10.1. The van der Waals surface area contributed by atoms with Crippen molar-refractivity contribution in [3.05, 3.63) is 28.8 Å². The molecule has 5 nitrogen and oxygen atoms in total. The molecular weight excluding hydrogens is 244 g/mol. The van der Waals surface area contributed by atoms with Gasteiger partial charge in [0.1, 0.15) is 5.75 Å². The first-order valence-corrected chi connectivity index (χ1v) is 5.57. The van der Waals surface area contributed by atoms with Crippen molar-refractivity contribution in [2.24, 2.45) is 0 Å². The van der Waals surface area contributed by atoms with Crippen molar-refractivity contribution in [3.63, 3.8) is 0 Å². The van der Waals surface area contributed by atoms with E-state index < -0.39 is 7.32 Å². The van der Waals surface area contributed by atoms with E-state index in [1.165, 1.54) is 18.2 Å². The van der Waals surface area contributed by atoms with Gasteiger partial charge in [-0.15, -0.1) is 0 Å². The molecule has 0 spiro atoms. The third kappa shape index (κ3) is 3.36. The fraction of sp³-hybridized carbons (Fsp3) is 0.300. The molecule has 1 amide bonds. The molecule has 1 fully saturated rings. The summed E-state index contributed by atoms with van der Waals surface area (Å²) in [4.78, 5) is 11.8. The molecule has 0 atom stereocenters. The van der Waals surface area contributed by atoms with Crippen LogP contribution < -0.4 is 9.97 Å². The van der Waals surface area contributed by atoms with E-state index in [0.29, 0.717) is 5.02 Å². The summed E-state index contributed by atoms with van der Waals surface area (Å²) in [5.41, 5.74) is 0.261. The first-order valence-electron chi connectivity index (χ1n) is 5.19. The molecule has 0 saturated heterocycles. The number of benzene rings is 1. The minimum atomic E-state index is -1.92. The van der Waals surface area contributed by atoms with Gasteiger partial charge >= 0.3 is 7.32 Å². The average molecular weight is 255 g/mol. The van der Waals surface area contributed by atoms with Gasteiger partial charge in [-0.1, -0.05) is 11.6 Å². The Balaban J connectivity index is 2.15. The minimum Gasteiger partial charge on any atom is -0.512 e. The third-order valence-electron chi connectivity index (χ3n) is 2.34. The predicted octanol–water partition coefficient (Wildman–Crippen LogP) is 0.580. The van der Waals surface area contributed by atoms with Crippen LogP contribution in [0, 0.1) is 0 Å². The third-order valence-corrected chi connectivity index (χ3v) is 2.67. The number of rotatable bonds is 4. The van der Waals surface area contributed by atoms with Crippen molar-refractivity contribution in [2.45, 2.75) is 18.9 Å². The SMILES string of the molecule is O=C(NC1CC1)c1cc(OB(O)O)ccc1Cl. The molecular formula is C10H11BClNO4. The van der Waals surface area contributed by atoms with Crippen molar-refractivity contribution in [1.29, 1.82) is 0 Å². The lowest BCUT2D eigenvalue weighted by Gasteiger charge is -2.09. The second-order valence-electron chi connectivity index (χ2n) is 3.83. The zero-order chi connectivity index (χ0) is 12.4. The molecule has 7 heteroatoms. The zero-order valence-corrected chi connectivity index (χ0v) is 9.65. The number of halogens is 1. The minimum absolute atomic E-state index is 0.172. The summed E-state index contributed by atoms with van der Waals surface area (Å²) in [6.45, 7) is 0. The van der Waals surface area contributed by atoms with Crippen LogP contribution in [-0.4, -0.2) is 29.3 Å². The summed E-state index contributed by atoms with van der Waals surface area (Å²) in [5, 5.41) is 20.4. The quantitative estimate of drug-likeness (QED) is 0.688. The molecule has 0 bridgehead atoms. The number of nitrogens with one attached hydrogen (secondary N) is 1. The Hall–Kier alpha value is -1.24. The highest BCUT2D eigenvalue weighted by molar-refractivity contribution is 6.34. The zero-order valence-electron chi connectivity index (χ0n) is 8.89. The smallest absolute Gasteiger partial charge is 0.512 e. The first-order chi connectivity index (χ1) is 8.06. The monoisotopic (exact) mass is 255 g/mol. The summed E-state index contributed by atoms with van der Waals surface area (Å²) in [7, 11) is -1.92. The van der Waals surface area contributed by atoms with Crippen LogP contribution in [0.2, 0.25) is 5.02 Å². The highest BCUT2D eigenvalue weighted by atomic mass is 35.5. The Morgan fingerprint density at radius 2 is 2.18 bits per heavy atom. The van der Waals surface area contributed by atoms with Gasteiger partial charge in [0.2, 0.25) is 0 Å². The number of hydrogen-bond acceptors (Lipinski definition) is 4. The maximum atomic E-state index is 11.8. The van der Waals surface area contributed by atoms with E-state index >= 15 is 0 Å². The van der Waals surface area contributed by atoms with Gasteiger partial charge < -0.3 is 20.0 Å². The van der Waals surface area contributed by atoms with E-state index in [-0.39, 0.29) is 23.3 Å². The van der Waals surface area contributed by atoms with Gasteiger partial charge in [-0.3, -0.25) is 4.79 Å². The molecule has 1 saturated carbocycles. The van der Waals surface area contributed by atoms with Crippen LogP contribution in [0.15, 0.2) is 18.2 Å². The fourth-order valence-corrected chi connectivity index (χ4v) is 1.57. The van der Waals surface area contributed by atoms with E-state index in [9.17, 15) is 4.79 Å². The molecule has 2 rings (SSSR count). The van der Waals surface area contributed by atoms with Gasteiger partial charge in [0.15, 0.2) is 0 Å². The molecule has 90 valence electrons. The lowest BCUT2D eigenvalue weighted by molar-refractivity contribution is 0.0950. The maximum absolute atomic E-state index is 11.8. The maximum Gasteiger partial charge on any atom is 0.707 e. The largest absolute Gasteiger partial charge is 0.707 e. The van der Waals surface area contributed by atoms with Crippen LogP contribution >= 0.6 is 11.6 Å². The summed E-state index contributed by atoms with van der Waals surface area (Å²) in [6.07, 6.45) is 1.96. The highest BCUT2D eigenvalue weighted by Crippen LogP contribution is 2.24. The van der Waals surface area contributed by atoms with Crippen molar-refractivity contribution in [2.75, 3.05) is 0 Å². The summed E-state index contributed by atoms with van der Waals surface area (Å²) in [6, 6.07) is 4.53. The molecule has 0 unspecified atom stereocenters. The lowest BCUT2D eigenvalue weighted by Crippen LogP contribution is -2.26. The molecule has 1 aromatic rings. The summed E-state index contributed by atoms with van der Waals surface area (Å²) < 4.78 is 4.65. The van der Waals surface area contributed by atoms with Gasteiger partial charge in [0, 0.05) is 6.04 Å². The molecule has 0 aromatic heterocycles. The summed E-state index contributed by atoms with van der Waals surface area (Å²) in [5.74, 6) is -0.110. The first kappa shape index (κ1) is 12.2. The van der Waals surface area contributed by atoms with Crippen LogP contribution in [0.25, 0.3) is 0 Å². The molecule has 0 heterocycles. The van der Waals surface area contributed by atoms with Crippen LogP contribution in [0.1, 0.15) is 23.2 Å². The molecule has 0 radical (unpaired) electrons. The molecule has 3 N–H and O–H groups in total. The van der Waals surface area contributed by atoms with Crippen LogP contribution in [0.4, 0.5) is 0 Å². The van der Waals surface area contributed by atoms with Crippen molar-refractivity contribution in [1.82, 2.24) is 5.32 Å². The molecule has 1 aliphatic carbocycles. The average Bonchev–Trinajstić information content (AvgIpc) is 3.04. The second-order valence-corrected chi connectivity index (χ2v) is 4.24. The van der Waals surface area contributed by atoms with E-state index in [0.717, 1.165) is 12.8 Å². The molecule has 1 aliphatic rings. The topological polar surface area (TPSA) is 78.8 Å². The van der Waals surface area contributed by atoms with Gasteiger partial charge in [0.25, 0.3) is 5.91 Å². The Bertz CT molecular complexity index is 436. The van der Waals surface area contributed by atoms with Crippen molar-refractivity contribution < 1.29 is 19.5 Å². The Labute approximate surface area is 104 Å². The standard InChI is InChI=1S/C10H11BClNO4/c12-9-4-3-7(17-11(15)16)5-8(9)10(14)13-6-1-2-6/h3-6,15-16H,1-2H2,(H,13,14). The number of carbonyl (C=O) groups excluding carboxylic acids is 1. The molecule has 0 aliphatic heterocycles. The van der Waals surface area contributed by atoms with E-state index in [2.05, 4.69) is 9.97 Å². The molecule has 1 aromatic carbocycles. The normalized spacial score (nSPS) is 14.3. The summed E-state index contributed by atoms with van der Waals surface area (Å²) >= 11 is 5.89. The number of amides is 1.